The van der Waals surface area contributed by atoms with Crippen LogP contribution in [0.3, 0.4) is 0 Å². The van der Waals surface area contributed by atoms with Crippen LogP contribution in [0.5, 0.6) is 5.75 Å². The smallest absolute Gasteiger partial charge is 0.257 e. The van der Waals surface area contributed by atoms with Crippen molar-refractivity contribution in [3.63, 3.8) is 0 Å². The van der Waals surface area contributed by atoms with E-state index in [0.29, 0.717) is 62.8 Å². The Morgan fingerprint density at radius 2 is 1.75 bits per heavy atom. The SMILES string of the molecule is CCOCC(=O)N1CCC2(CCCN(c3ccc(C#N)cn3)CCN(Cc3ccccc3)C(=O)c3ccccc3OC2)CC1. The first kappa shape index (κ1) is 31.0. The lowest BCUT2D eigenvalue weighted by Crippen LogP contribution is -2.47. The Balaban J connectivity index is 1.43. The Hall–Kier alpha value is -4.42. The van der Waals surface area contributed by atoms with Crippen LogP contribution in [-0.2, 0) is 16.1 Å². The van der Waals surface area contributed by atoms with Crippen LogP contribution in [0.1, 0.15) is 54.1 Å². The molecule has 2 aliphatic rings. The minimum Gasteiger partial charge on any atom is -0.492 e. The Morgan fingerprint density at radius 3 is 2.48 bits per heavy atom. The third kappa shape index (κ3) is 7.74. The van der Waals surface area contributed by atoms with Gasteiger partial charge in [-0.15, -0.1) is 0 Å². The van der Waals surface area contributed by atoms with E-state index in [1.807, 2.05) is 77.4 Å². The Morgan fingerprint density at radius 1 is 0.977 bits per heavy atom. The molecule has 0 atom stereocenters. The van der Waals surface area contributed by atoms with Gasteiger partial charge in [0.1, 0.15) is 24.2 Å². The zero-order valence-electron chi connectivity index (χ0n) is 25.5. The first-order valence-electron chi connectivity index (χ1n) is 15.5. The number of carbonyl (C=O) groups is 2. The minimum absolute atomic E-state index is 0.0276. The molecule has 5 rings (SSSR count). The van der Waals surface area contributed by atoms with Crippen LogP contribution in [0.4, 0.5) is 5.82 Å². The lowest BCUT2D eigenvalue weighted by Gasteiger charge is -2.42. The molecule has 0 radical (unpaired) electrons. The van der Waals surface area contributed by atoms with Gasteiger partial charge in [0.25, 0.3) is 5.91 Å². The summed E-state index contributed by atoms with van der Waals surface area (Å²) in [6, 6.07) is 23.4. The highest BCUT2D eigenvalue weighted by Crippen LogP contribution is 2.38. The first-order chi connectivity index (χ1) is 21.5. The molecular weight excluding hydrogens is 554 g/mol. The van der Waals surface area contributed by atoms with Crippen LogP contribution in [0.15, 0.2) is 72.9 Å². The number of hydrogen-bond acceptors (Lipinski definition) is 7. The number of rotatable bonds is 6. The molecular formula is C35H41N5O4. The lowest BCUT2D eigenvalue weighted by atomic mass is 9.75. The zero-order valence-corrected chi connectivity index (χ0v) is 25.5. The topological polar surface area (TPSA) is 99.0 Å². The van der Waals surface area contributed by atoms with E-state index in [4.69, 9.17) is 9.47 Å². The lowest BCUT2D eigenvalue weighted by molar-refractivity contribution is -0.138. The molecule has 44 heavy (non-hydrogen) atoms. The van der Waals surface area contributed by atoms with Crippen LogP contribution >= 0.6 is 0 Å². The number of fused-ring (bicyclic) bond motifs is 1. The minimum atomic E-state index is -0.139. The summed E-state index contributed by atoms with van der Waals surface area (Å²) >= 11 is 0. The Labute approximate surface area is 260 Å². The number of piperidine rings is 1. The van der Waals surface area contributed by atoms with Crippen molar-refractivity contribution < 1.29 is 19.1 Å². The summed E-state index contributed by atoms with van der Waals surface area (Å²) in [5.74, 6) is 1.32. The monoisotopic (exact) mass is 595 g/mol. The molecule has 0 unspecified atom stereocenters. The number of amides is 2. The van der Waals surface area contributed by atoms with Gasteiger partial charge in [-0.3, -0.25) is 9.59 Å². The van der Waals surface area contributed by atoms with Crippen molar-refractivity contribution in [2.75, 3.05) is 57.4 Å². The molecule has 0 bridgehead atoms. The second-order valence-electron chi connectivity index (χ2n) is 11.6. The fourth-order valence-electron chi connectivity index (χ4n) is 6.07. The standard InChI is InChI=1S/C35H41N5O4/c1-2-43-26-33(41)39-19-16-35(17-20-39)15-8-18-38(32-14-13-29(23-36)24-37-32)21-22-40(25-28-9-4-3-5-10-28)34(42)30-11-6-7-12-31(30)44-27-35/h3-7,9-14,24H,2,8,15-22,25-27H2,1H3. The van der Waals surface area contributed by atoms with Crippen molar-refractivity contribution in [2.45, 2.75) is 39.2 Å². The van der Waals surface area contributed by atoms with E-state index in [0.717, 1.165) is 43.6 Å². The molecule has 3 aromatic rings. The number of anilines is 1. The average molecular weight is 596 g/mol. The number of nitrogens with zero attached hydrogens (tertiary/aromatic N) is 5. The summed E-state index contributed by atoms with van der Waals surface area (Å²) in [5, 5.41) is 9.30. The second-order valence-corrected chi connectivity index (χ2v) is 11.6. The first-order valence-corrected chi connectivity index (χ1v) is 15.5. The highest BCUT2D eigenvalue weighted by molar-refractivity contribution is 5.97. The molecule has 2 aromatic carbocycles. The molecule has 2 aliphatic heterocycles. The number of nitriles is 1. The summed E-state index contributed by atoms with van der Waals surface area (Å²) in [5.41, 5.74) is 1.97. The van der Waals surface area contributed by atoms with Gasteiger partial charge in [0.15, 0.2) is 0 Å². The van der Waals surface area contributed by atoms with Gasteiger partial charge in [-0.1, -0.05) is 42.5 Å². The van der Waals surface area contributed by atoms with Crippen molar-refractivity contribution in [1.29, 1.82) is 5.26 Å². The maximum atomic E-state index is 14.2. The highest BCUT2D eigenvalue weighted by atomic mass is 16.5. The van der Waals surface area contributed by atoms with Crippen molar-refractivity contribution >= 4 is 17.6 Å². The maximum Gasteiger partial charge on any atom is 0.257 e. The van der Waals surface area contributed by atoms with Crippen molar-refractivity contribution in [3.8, 4) is 11.8 Å². The Kier molecular flexibility index (Phi) is 10.5. The molecule has 1 fully saturated rings. The highest BCUT2D eigenvalue weighted by Gasteiger charge is 2.37. The van der Waals surface area contributed by atoms with E-state index in [1.165, 1.54) is 0 Å². The average Bonchev–Trinajstić information content (AvgIpc) is 3.08. The van der Waals surface area contributed by atoms with Crippen molar-refractivity contribution in [1.82, 2.24) is 14.8 Å². The largest absolute Gasteiger partial charge is 0.492 e. The number of ether oxygens (including phenoxy) is 2. The number of likely N-dealkylation sites (tertiary alicyclic amines) is 1. The van der Waals surface area contributed by atoms with Crippen molar-refractivity contribution in [3.05, 3.63) is 89.6 Å². The van der Waals surface area contributed by atoms with E-state index in [9.17, 15) is 14.9 Å². The van der Waals surface area contributed by atoms with E-state index >= 15 is 0 Å². The third-order valence-electron chi connectivity index (χ3n) is 8.74. The molecule has 9 heteroatoms. The number of carbonyl (C=O) groups excluding carboxylic acids is 2. The van der Waals surface area contributed by atoms with Crippen LogP contribution in [0, 0.1) is 16.7 Å². The third-order valence-corrected chi connectivity index (χ3v) is 8.74. The van der Waals surface area contributed by atoms with Gasteiger partial charge in [0, 0.05) is 57.5 Å². The summed E-state index contributed by atoms with van der Waals surface area (Å²) < 4.78 is 11.9. The molecule has 1 saturated heterocycles. The molecule has 2 amide bonds. The number of benzene rings is 2. The number of para-hydroxylation sites is 1. The van der Waals surface area contributed by atoms with Gasteiger partial charge >= 0.3 is 0 Å². The fraction of sp³-hybridized carbons (Fsp3) is 0.429. The maximum absolute atomic E-state index is 14.2. The molecule has 230 valence electrons. The van der Waals surface area contributed by atoms with E-state index < -0.39 is 0 Å². The molecule has 3 heterocycles. The summed E-state index contributed by atoms with van der Waals surface area (Å²) in [6.45, 7) is 6.60. The second kappa shape index (κ2) is 14.8. The fourth-order valence-corrected chi connectivity index (χ4v) is 6.07. The summed E-state index contributed by atoms with van der Waals surface area (Å²) in [7, 11) is 0. The van der Waals surface area contributed by atoms with E-state index in [1.54, 1.807) is 12.3 Å². The van der Waals surface area contributed by atoms with Gasteiger partial charge in [-0.05, 0) is 62.4 Å². The molecule has 0 saturated carbocycles. The normalized spacial score (nSPS) is 17.5. The van der Waals surface area contributed by atoms with Crippen LogP contribution < -0.4 is 9.64 Å². The van der Waals surface area contributed by atoms with E-state index in [-0.39, 0.29) is 23.8 Å². The van der Waals surface area contributed by atoms with Crippen molar-refractivity contribution in [2.24, 2.45) is 5.41 Å². The molecule has 9 nitrogen and oxygen atoms in total. The Bertz CT molecular complexity index is 1430. The number of aromatic nitrogens is 1. The summed E-state index contributed by atoms with van der Waals surface area (Å²) in [6.07, 6.45) is 5.04. The van der Waals surface area contributed by atoms with Crippen LogP contribution in [0.25, 0.3) is 0 Å². The molecule has 1 spiro atoms. The van der Waals surface area contributed by atoms with Crippen LogP contribution in [0.2, 0.25) is 0 Å². The van der Waals surface area contributed by atoms with Crippen LogP contribution in [-0.4, -0.2) is 79.1 Å². The predicted octanol–water partition coefficient (Wildman–Crippen LogP) is 4.92. The molecule has 0 aliphatic carbocycles. The molecule has 1 aromatic heterocycles. The van der Waals surface area contributed by atoms with Gasteiger partial charge in [-0.25, -0.2) is 4.98 Å². The van der Waals surface area contributed by atoms with Gasteiger partial charge in [0.2, 0.25) is 5.91 Å². The molecule has 0 N–H and O–H groups in total. The number of pyridine rings is 1. The summed E-state index contributed by atoms with van der Waals surface area (Å²) in [4.78, 5) is 37.4. The predicted molar refractivity (Wildman–Crippen MR) is 168 cm³/mol. The van der Waals surface area contributed by atoms with Gasteiger partial charge in [-0.2, -0.15) is 5.26 Å². The zero-order chi connectivity index (χ0) is 30.8. The van der Waals surface area contributed by atoms with Gasteiger partial charge in [0.05, 0.1) is 17.7 Å². The quantitative estimate of drug-likeness (QED) is 0.399. The van der Waals surface area contributed by atoms with Gasteiger partial charge < -0.3 is 24.2 Å². The van der Waals surface area contributed by atoms with E-state index in [2.05, 4.69) is 16.0 Å². The number of hydrogen-bond donors (Lipinski definition) is 0.